The Morgan fingerprint density at radius 2 is 1.69 bits per heavy atom. The number of benzene rings is 2. The maximum atomic E-state index is 12.8. The van der Waals surface area contributed by atoms with Crippen LogP contribution in [0.4, 0.5) is 0 Å². The van der Waals surface area contributed by atoms with E-state index in [1.807, 2.05) is 45.0 Å². The summed E-state index contributed by atoms with van der Waals surface area (Å²) >= 11 is 1.69. The standard InChI is InChI=1S/C24H27NO3S/c1-24(2,3)28-23(27)22-19(15-26)10-13-21(22)29-20-11-8-18(9-12-20)17-6-4-16(14-25)5-7-17/h4-9,11-12,19,21-22,26H,10,13,15H2,1-3H3/t19-,21-,22-/m0/s1. The Kier molecular flexibility index (Phi) is 6.66. The highest BCUT2D eigenvalue weighted by molar-refractivity contribution is 8.00. The van der Waals surface area contributed by atoms with Crippen molar-refractivity contribution in [3.05, 3.63) is 54.1 Å². The number of aliphatic hydroxyl groups is 1. The molecule has 0 spiro atoms. The van der Waals surface area contributed by atoms with Crippen LogP contribution in [0.3, 0.4) is 0 Å². The molecule has 0 aromatic heterocycles. The van der Waals surface area contributed by atoms with Gasteiger partial charge >= 0.3 is 5.97 Å². The van der Waals surface area contributed by atoms with Gasteiger partial charge in [0.05, 0.1) is 17.6 Å². The monoisotopic (exact) mass is 409 g/mol. The molecule has 0 aliphatic heterocycles. The van der Waals surface area contributed by atoms with Crippen LogP contribution >= 0.6 is 11.8 Å². The van der Waals surface area contributed by atoms with Crippen LogP contribution in [0.1, 0.15) is 39.2 Å². The molecule has 0 bridgehead atoms. The average Bonchev–Trinajstić information content (AvgIpc) is 3.10. The Morgan fingerprint density at radius 3 is 2.21 bits per heavy atom. The molecule has 29 heavy (non-hydrogen) atoms. The lowest BCUT2D eigenvalue weighted by atomic mass is 9.96. The first-order chi connectivity index (χ1) is 13.8. The molecule has 152 valence electrons. The number of ether oxygens (including phenoxy) is 1. The van der Waals surface area contributed by atoms with Gasteiger partial charge in [-0.3, -0.25) is 4.79 Å². The minimum Gasteiger partial charge on any atom is -0.460 e. The summed E-state index contributed by atoms with van der Waals surface area (Å²) in [5, 5.41) is 18.8. The van der Waals surface area contributed by atoms with E-state index in [9.17, 15) is 9.90 Å². The highest BCUT2D eigenvalue weighted by atomic mass is 32.2. The molecule has 0 heterocycles. The quantitative estimate of drug-likeness (QED) is 0.700. The van der Waals surface area contributed by atoms with Crippen LogP contribution in [0.2, 0.25) is 0 Å². The second kappa shape index (κ2) is 9.02. The number of hydrogen-bond donors (Lipinski definition) is 1. The molecular formula is C24H27NO3S. The average molecular weight is 410 g/mol. The van der Waals surface area contributed by atoms with Gasteiger partial charge in [0.2, 0.25) is 0 Å². The van der Waals surface area contributed by atoms with Gasteiger partial charge in [-0.15, -0.1) is 11.8 Å². The van der Waals surface area contributed by atoms with Crippen LogP contribution in [0, 0.1) is 23.2 Å². The summed E-state index contributed by atoms with van der Waals surface area (Å²) in [5.41, 5.74) is 2.27. The summed E-state index contributed by atoms with van der Waals surface area (Å²) in [6.45, 7) is 5.63. The zero-order valence-electron chi connectivity index (χ0n) is 17.1. The lowest BCUT2D eigenvalue weighted by Gasteiger charge is -2.27. The highest BCUT2D eigenvalue weighted by Crippen LogP contribution is 2.43. The van der Waals surface area contributed by atoms with E-state index in [2.05, 4.69) is 30.3 Å². The van der Waals surface area contributed by atoms with Gasteiger partial charge in [0, 0.05) is 16.8 Å². The fourth-order valence-corrected chi connectivity index (χ4v) is 5.11. The first-order valence-corrected chi connectivity index (χ1v) is 10.8. The molecule has 3 rings (SSSR count). The maximum Gasteiger partial charge on any atom is 0.310 e. The molecule has 2 aromatic carbocycles. The number of hydrogen-bond acceptors (Lipinski definition) is 5. The smallest absolute Gasteiger partial charge is 0.310 e. The Bertz CT molecular complexity index is 878. The van der Waals surface area contributed by atoms with E-state index in [0.29, 0.717) is 5.56 Å². The van der Waals surface area contributed by atoms with Gasteiger partial charge < -0.3 is 9.84 Å². The summed E-state index contributed by atoms with van der Waals surface area (Å²) in [6.07, 6.45) is 1.72. The number of carbonyl (C=O) groups excluding carboxylic acids is 1. The third-order valence-electron chi connectivity index (χ3n) is 5.13. The van der Waals surface area contributed by atoms with Crippen LogP contribution in [0.25, 0.3) is 11.1 Å². The van der Waals surface area contributed by atoms with Crippen LogP contribution < -0.4 is 0 Å². The minimum absolute atomic E-state index is 0.0125. The molecule has 0 amide bonds. The van der Waals surface area contributed by atoms with E-state index in [-0.39, 0.29) is 29.7 Å². The number of esters is 1. The third-order valence-corrected chi connectivity index (χ3v) is 6.51. The van der Waals surface area contributed by atoms with Gasteiger partial charge in [-0.2, -0.15) is 5.26 Å². The Morgan fingerprint density at radius 1 is 1.10 bits per heavy atom. The number of carbonyl (C=O) groups is 1. The van der Waals surface area contributed by atoms with Crippen molar-refractivity contribution in [2.75, 3.05) is 6.61 Å². The summed E-state index contributed by atoms with van der Waals surface area (Å²) in [7, 11) is 0. The Labute approximate surface area is 176 Å². The molecule has 1 fully saturated rings. The van der Waals surface area contributed by atoms with Crippen molar-refractivity contribution in [1.82, 2.24) is 0 Å². The molecule has 2 aromatic rings. The Balaban J connectivity index is 1.72. The topological polar surface area (TPSA) is 70.3 Å². The third kappa shape index (κ3) is 5.41. The van der Waals surface area contributed by atoms with Crippen LogP contribution in [-0.4, -0.2) is 28.5 Å². The van der Waals surface area contributed by atoms with Gasteiger partial charge in [-0.05, 0) is 74.9 Å². The molecule has 5 heteroatoms. The normalized spacial score (nSPS) is 21.6. The predicted molar refractivity (Wildman–Crippen MR) is 115 cm³/mol. The van der Waals surface area contributed by atoms with Gasteiger partial charge in [-0.25, -0.2) is 0 Å². The molecule has 1 saturated carbocycles. The Hall–Kier alpha value is -2.29. The zero-order chi connectivity index (χ0) is 21.0. The van der Waals surface area contributed by atoms with Crippen LogP contribution in [0.15, 0.2) is 53.4 Å². The van der Waals surface area contributed by atoms with E-state index in [1.54, 1.807) is 11.8 Å². The van der Waals surface area contributed by atoms with Crippen molar-refractivity contribution in [2.24, 2.45) is 11.8 Å². The fraction of sp³-hybridized carbons (Fsp3) is 0.417. The lowest BCUT2D eigenvalue weighted by molar-refractivity contribution is -0.161. The number of nitrogens with zero attached hydrogens (tertiary/aromatic N) is 1. The number of thioether (sulfide) groups is 1. The number of nitriles is 1. The summed E-state index contributed by atoms with van der Waals surface area (Å²) in [5.74, 6) is -0.538. The lowest BCUT2D eigenvalue weighted by Crippen LogP contribution is -2.35. The van der Waals surface area contributed by atoms with Crippen molar-refractivity contribution in [2.45, 2.75) is 49.4 Å². The van der Waals surface area contributed by atoms with E-state index in [4.69, 9.17) is 10.00 Å². The van der Waals surface area contributed by atoms with E-state index in [0.717, 1.165) is 28.9 Å². The molecule has 1 N–H and O–H groups in total. The van der Waals surface area contributed by atoms with Crippen molar-refractivity contribution < 1.29 is 14.6 Å². The molecule has 0 saturated heterocycles. The second-order valence-electron chi connectivity index (χ2n) is 8.45. The maximum absolute atomic E-state index is 12.8. The van der Waals surface area contributed by atoms with E-state index >= 15 is 0 Å². The first kappa shape index (κ1) is 21.4. The highest BCUT2D eigenvalue weighted by Gasteiger charge is 2.43. The zero-order valence-corrected chi connectivity index (χ0v) is 17.9. The number of rotatable bonds is 5. The van der Waals surface area contributed by atoms with Crippen molar-refractivity contribution in [3.8, 4) is 17.2 Å². The van der Waals surface area contributed by atoms with Crippen LogP contribution in [0.5, 0.6) is 0 Å². The SMILES string of the molecule is CC(C)(C)OC(=O)[C@H]1[C@H](CO)CC[C@@H]1Sc1ccc(-c2ccc(C#N)cc2)cc1. The first-order valence-electron chi connectivity index (χ1n) is 9.91. The predicted octanol–water partition coefficient (Wildman–Crippen LogP) is 5.05. The molecule has 4 nitrogen and oxygen atoms in total. The molecule has 1 aliphatic carbocycles. The summed E-state index contributed by atoms with van der Waals surface area (Å²) < 4.78 is 5.63. The van der Waals surface area contributed by atoms with E-state index < -0.39 is 5.60 Å². The summed E-state index contributed by atoms with van der Waals surface area (Å²) in [6, 6.07) is 17.9. The minimum atomic E-state index is -0.530. The van der Waals surface area contributed by atoms with Crippen LogP contribution in [-0.2, 0) is 9.53 Å². The number of aliphatic hydroxyl groups excluding tert-OH is 1. The fourth-order valence-electron chi connectivity index (χ4n) is 3.73. The van der Waals surface area contributed by atoms with E-state index in [1.165, 1.54) is 0 Å². The van der Waals surface area contributed by atoms with Crippen molar-refractivity contribution in [3.63, 3.8) is 0 Å². The van der Waals surface area contributed by atoms with Gasteiger partial charge in [0.25, 0.3) is 0 Å². The van der Waals surface area contributed by atoms with Gasteiger partial charge in [0.15, 0.2) is 0 Å². The van der Waals surface area contributed by atoms with Crippen molar-refractivity contribution in [1.29, 1.82) is 5.26 Å². The summed E-state index contributed by atoms with van der Waals surface area (Å²) in [4.78, 5) is 13.8. The van der Waals surface area contributed by atoms with Gasteiger partial charge in [-0.1, -0.05) is 24.3 Å². The molecule has 3 atom stereocenters. The molecule has 0 unspecified atom stereocenters. The van der Waals surface area contributed by atoms with Gasteiger partial charge in [0.1, 0.15) is 5.60 Å². The molecule has 1 aliphatic rings. The van der Waals surface area contributed by atoms with Crippen molar-refractivity contribution >= 4 is 17.7 Å². The molecule has 0 radical (unpaired) electrons. The second-order valence-corrected chi connectivity index (χ2v) is 9.76. The largest absolute Gasteiger partial charge is 0.460 e. The molecular weight excluding hydrogens is 382 g/mol.